The summed E-state index contributed by atoms with van der Waals surface area (Å²) in [5.74, 6) is 1.68. The third-order valence-corrected chi connectivity index (χ3v) is 5.05. The molecule has 0 aliphatic carbocycles. The second-order valence-electron chi connectivity index (χ2n) is 6.96. The Hall–Kier alpha value is -4.01. The van der Waals surface area contributed by atoms with Crippen LogP contribution in [0.5, 0.6) is 23.3 Å². The van der Waals surface area contributed by atoms with Crippen molar-refractivity contribution in [1.29, 1.82) is 0 Å². The summed E-state index contributed by atoms with van der Waals surface area (Å²) in [5, 5.41) is 0. The first-order valence-electron chi connectivity index (χ1n) is 9.30. The maximum absolute atomic E-state index is 12.9. The minimum Gasteiger partial charge on any atom is -0.454 e. The summed E-state index contributed by atoms with van der Waals surface area (Å²) in [5.41, 5.74) is 0.626. The summed E-state index contributed by atoms with van der Waals surface area (Å²) in [7, 11) is 3.02. The maximum atomic E-state index is 12.9. The number of imidazole rings is 1. The van der Waals surface area contributed by atoms with Crippen molar-refractivity contribution in [3.63, 3.8) is 0 Å². The van der Waals surface area contributed by atoms with Crippen molar-refractivity contribution >= 4 is 11.2 Å². The first-order chi connectivity index (χ1) is 14.5. The molecule has 0 saturated heterocycles. The van der Waals surface area contributed by atoms with E-state index in [1.165, 1.54) is 11.6 Å². The topological polar surface area (TPSA) is 89.5 Å². The molecule has 0 spiro atoms. The van der Waals surface area contributed by atoms with Crippen molar-refractivity contribution in [2.24, 2.45) is 14.1 Å². The normalized spacial score (nSPS) is 12.5. The molecule has 0 radical (unpaired) electrons. The van der Waals surface area contributed by atoms with Gasteiger partial charge in [-0.2, -0.15) is 4.98 Å². The van der Waals surface area contributed by atoms with Crippen molar-refractivity contribution in [1.82, 2.24) is 18.7 Å². The van der Waals surface area contributed by atoms with Crippen molar-refractivity contribution in [2.75, 3.05) is 6.79 Å². The van der Waals surface area contributed by atoms with Gasteiger partial charge in [0, 0.05) is 20.2 Å². The number of fused-ring (bicyclic) bond motifs is 2. The zero-order valence-corrected chi connectivity index (χ0v) is 16.4. The number of nitrogens with zero attached hydrogens (tertiary/aromatic N) is 4. The van der Waals surface area contributed by atoms with Crippen LogP contribution in [0.1, 0.15) is 5.56 Å². The molecular formula is C21H18N4O5. The highest BCUT2D eigenvalue weighted by Crippen LogP contribution is 2.36. The van der Waals surface area contributed by atoms with Crippen LogP contribution in [-0.4, -0.2) is 25.5 Å². The number of benzene rings is 2. The van der Waals surface area contributed by atoms with Crippen LogP contribution in [0.25, 0.3) is 11.2 Å². The molecule has 4 aromatic rings. The molecule has 3 heterocycles. The number of ether oxygens (including phenoxy) is 3. The zero-order valence-electron chi connectivity index (χ0n) is 16.4. The Morgan fingerprint density at radius 2 is 1.77 bits per heavy atom. The molecule has 0 bridgehead atoms. The Kier molecular flexibility index (Phi) is 4.09. The van der Waals surface area contributed by atoms with Crippen molar-refractivity contribution in [2.45, 2.75) is 6.54 Å². The van der Waals surface area contributed by atoms with Gasteiger partial charge in [0.25, 0.3) is 5.56 Å². The Bertz CT molecular complexity index is 1380. The molecule has 0 fully saturated rings. The molecule has 2 aromatic carbocycles. The summed E-state index contributed by atoms with van der Waals surface area (Å²) in [6.45, 7) is 0.508. The van der Waals surface area contributed by atoms with Crippen LogP contribution >= 0.6 is 0 Å². The number of hydrogen-bond acceptors (Lipinski definition) is 6. The first-order valence-corrected chi connectivity index (χ1v) is 9.30. The van der Waals surface area contributed by atoms with Crippen LogP contribution < -0.4 is 25.5 Å². The molecule has 5 rings (SSSR count). The molecule has 152 valence electrons. The molecule has 0 N–H and O–H groups in total. The zero-order chi connectivity index (χ0) is 20.8. The Morgan fingerprint density at radius 1 is 1.00 bits per heavy atom. The monoisotopic (exact) mass is 406 g/mol. The van der Waals surface area contributed by atoms with E-state index >= 15 is 0 Å². The van der Waals surface area contributed by atoms with Gasteiger partial charge in [-0.05, 0) is 17.7 Å². The molecule has 1 aliphatic heterocycles. The fraction of sp³-hybridized carbons (Fsp3) is 0.190. The van der Waals surface area contributed by atoms with Crippen LogP contribution in [0.2, 0.25) is 0 Å². The van der Waals surface area contributed by atoms with Gasteiger partial charge in [-0.25, -0.2) is 4.79 Å². The fourth-order valence-electron chi connectivity index (χ4n) is 3.46. The minimum absolute atomic E-state index is 0.156. The predicted octanol–water partition coefficient (Wildman–Crippen LogP) is 2.00. The quantitative estimate of drug-likeness (QED) is 0.515. The van der Waals surface area contributed by atoms with E-state index in [0.29, 0.717) is 29.3 Å². The van der Waals surface area contributed by atoms with Crippen molar-refractivity contribution < 1.29 is 14.2 Å². The molecule has 30 heavy (non-hydrogen) atoms. The second kappa shape index (κ2) is 6.80. The fourth-order valence-corrected chi connectivity index (χ4v) is 3.46. The van der Waals surface area contributed by atoms with Gasteiger partial charge in [-0.15, -0.1) is 0 Å². The average Bonchev–Trinajstić information content (AvgIpc) is 3.36. The van der Waals surface area contributed by atoms with E-state index in [9.17, 15) is 9.59 Å². The highest BCUT2D eigenvalue weighted by molar-refractivity contribution is 5.72. The Morgan fingerprint density at radius 3 is 2.57 bits per heavy atom. The van der Waals surface area contributed by atoms with Crippen LogP contribution in [0.15, 0.2) is 58.1 Å². The van der Waals surface area contributed by atoms with Gasteiger partial charge in [0.1, 0.15) is 5.75 Å². The number of rotatable bonds is 4. The lowest BCUT2D eigenvalue weighted by Gasteiger charge is -2.10. The van der Waals surface area contributed by atoms with E-state index < -0.39 is 11.2 Å². The highest BCUT2D eigenvalue weighted by Gasteiger charge is 2.22. The standard InChI is InChI=1S/C21H18N4O5/c1-23-18-17(19(26)24(2)21(23)27)25(11-13-6-4-3-5-7-13)20(22-18)30-14-8-9-15-16(10-14)29-12-28-15/h3-10H,11-12H2,1-2H3. The molecule has 1 aliphatic rings. The number of hydrogen-bond donors (Lipinski definition) is 0. The summed E-state index contributed by atoms with van der Waals surface area (Å²) in [6.07, 6.45) is 0. The number of aromatic nitrogens is 4. The van der Waals surface area contributed by atoms with E-state index in [2.05, 4.69) is 4.98 Å². The Labute approximate surface area is 170 Å². The summed E-state index contributed by atoms with van der Waals surface area (Å²) >= 11 is 0. The maximum Gasteiger partial charge on any atom is 0.332 e. The summed E-state index contributed by atoms with van der Waals surface area (Å²) < 4.78 is 20.9. The SMILES string of the molecule is Cn1c(=O)c2c(nc(Oc3ccc4c(c3)OCO4)n2Cc2ccccc2)n(C)c1=O. The second-order valence-corrected chi connectivity index (χ2v) is 6.96. The Balaban J connectivity index is 1.69. The third-order valence-electron chi connectivity index (χ3n) is 5.05. The summed E-state index contributed by atoms with van der Waals surface area (Å²) in [4.78, 5) is 29.8. The molecule has 0 unspecified atom stereocenters. The van der Waals surface area contributed by atoms with Gasteiger partial charge >= 0.3 is 11.7 Å². The van der Waals surface area contributed by atoms with Crippen LogP contribution in [0.4, 0.5) is 0 Å². The third kappa shape index (κ3) is 2.83. The molecule has 9 heteroatoms. The van der Waals surface area contributed by atoms with E-state index in [0.717, 1.165) is 10.1 Å². The molecular weight excluding hydrogens is 388 g/mol. The van der Waals surface area contributed by atoms with Crippen LogP contribution in [0.3, 0.4) is 0 Å². The molecule has 0 saturated carbocycles. The van der Waals surface area contributed by atoms with Gasteiger partial charge in [0.2, 0.25) is 6.79 Å². The van der Waals surface area contributed by atoms with E-state index in [1.807, 2.05) is 30.3 Å². The average molecular weight is 406 g/mol. The first kappa shape index (κ1) is 18.0. The predicted molar refractivity (Wildman–Crippen MR) is 108 cm³/mol. The highest BCUT2D eigenvalue weighted by atomic mass is 16.7. The lowest BCUT2D eigenvalue weighted by molar-refractivity contribution is 0.174. The van der Waals surface area contributed by atoms with Crippen LogP contribution in [0, 0.1) is 0 Å². The molecule has 2 aromatic heterocycles. The number of aryl methyl sites for hydroxylation is 1. The summed E-state index contributed by atoms with van der Waals surface area (Å²) in [6, 6.07) is 15.0. The van der Waals surface area contributed by atoms with Crippen molar-refractivity contribution in [3.05, 3.63) is 74.9 Å². The van der Waals surface area contributed by atoms with Crippen LogP contribution in [-0.2, 0) is 20.6 Å². The van der Waals surface area contributed by atoms with Gasteiger partial charge in [-0.1, -0.05) is 30.3 Å². The van der Waals surface area contributed by atoms with E-state index in [1.54, 1.807) is 29.8 Å². The lowest BCUT2D eigenvalue weighted by Crippen LogP contribution is -2.37. The lowest BCUT2D eigenvalue weighted by atomic mass is 10.2. The van der Waals surface area contributed by atoms with Gasteiger partial charge in [-0.3, -0.25) is 18.5 Å². The van der Waals surface area contributed by atoms with Gasteiger partial charge in [0.15, 0.2) is 22.7 Å². The molecule has 0 atom stereocenters. The molecule has 0 amide bonds. The van der Waals surface area contributed by atoms with Gasteiger partial charge < -0.3 is 14.2 Å². The molecule has 9 nitrogen and oxygen atoms in total. The van der Waals surface area contributed by atoms with E-state index in [4.69, 9.17) is 14.2 Å². The van der Waals surface area contributed by atoms with Crippen molar-refractivity contribution in [3.8, 4) is 23.3 Å². The largest absolute Gasteiger partial charge is 0.454 e. The smallest absolute Gasteiger partial charge is 0.332 e. The van der Waals surface area contributed by atoms with Gasteiger partial charge in [0.05, 0.1) is 6.54 Å². The van der Waals surface area contributed by atoms with E-state index in [-0.39, 0.29) is 18.5 Å². The minimum atomic E-state index is -0.452.